The predicted molar refractivity (Wildman–Crippen MR) is 60.8 cm³/mol. The second-order valence-corrected chi connectivity index (χ2v) is 4.19. The zero-order valence-electron chi connectivity index (χ0n) is 9.62. The Kier molecular flexibility index (Phi) is 3.56. The van der Waals surface area contributed by atoms with Gasteiger partial charge in [0.1, 0.15) is 5.82 Å². The van der Waals surface area contributed by atoms with Crippen molar-refractivity contribution in [3.05, 3.63) is 17.7 Å². The minimum atomic E-state index is 0.203. The first kappa shape index (κ1) is 11.1. The predicted octanol–water partition coefficient (Wildman–Crippen LogP) is 0.430. The standard InChI is InChI=1S/C11H18N4O/c1-9-13-7-10(14-9)6-12-8-11(16)15-4-2-3-5-15/h7,12H,2-6,8H2,1H3,(H,13,14). The summed E-state index contributed by atoms with van der Waals surface area (Å²) >= 11 is 0. The van der Waals surface area contributed by atoms with Crippen molar-refractivity contribution in [2.24, 2.45) is 0 Å². The van der Waals surface area contributed by atoms with Crippen molar-refractivity contribution in [2.45, 2.75) is 26.3 Å². The number of hydrogen-bond donors (Lipinski definition) is 2. The van der Waals surface area contributed by atoms with Crippen molar-refractivity contribution >= 4 is 5.91 Å². The quantitative estimate of drug-likeness (QED) is 0.776. The van der Waals surface area contributed by atoms with Gasteiger partial charge >= 0.3 is 0 Å². The SMILES string of the molecule is Cc1ncc(CNCC(=O)N2CCCC2)[nH]1. The van der Waals surface area contributed by atoms with E-state index >= 15 is 0 Å². The highest BCUT2D eigenvalue weighted by Gasteiger charge is 2.16. The number of aromatic amines is 1. The number of imidazole rings is 1. The fraction of sp³-hybridized carbons (Fsp3) is 0.636. The van der Waals surface area contributed by atoms with Gasteiger partial charge in [0.05, 0.1) is 6.54 Å². The second-order valence-electron chi connectivity index (χ2n) is 4.19. The topological polar surface area (TPSA) is 61.0 Å². The van der Waals surface area contributed by atoms with Crippen LogP contribution in [0.15, 0.2) is 6.20 Å². The molecule has 0 unspecified atom stereocenters. The van der Waals surface area contributed by atoms with Gasteiger partial charge in [-0.25, -0.2) is 4.98 Å². The number of carbonyl (C=O) groups is 1. The number of hydrogen-bond acceptors (Lipinski definition) is 3. The van der Waals surface area contributed by atoms with Crippen molar-refractivity contribution in [2.75, 3.05) is 19.6 Å². The normalized spacial score (nSPS) is 15.7. The van der Waals surface area contributed by atoms with Crippen molar-refractivity contribution in [1.82, 2.24) is 20.2 Å². The molecule has 1 saturated heterocycles. The van der Waals surface area contributed by atoms with Crippen LogP contribution < -0.4 is 5.32 Å². The molecule has 1 fully saturated rings. The molecule has 5 heteroatoms. The largest absolute Gasteiger partial charge is 0.345 e. The Balaban J connectivity index is 1.69. The number of aryl methyl sites for hydroxylation is 1. The maximum Gasteiger partial charge on any atom is 0.236 e. The molecule has 0 spiro atoms. The third kappa shape index (κ3) is 2.82. The van der Waals surface area contributed by atoms with Gasteiger partial charge in [-0.3, -0.25) is 4.79 Å². The summed E-state index contributed by atoms with van der Waals surface area (Å²) in [5, 5.41) is 3.13. The third-order valence-electron chi connectivity index (χ3n) is 2.81. The number of likely N-dealkylation sites (tertiary alicyclic amines) is 1. The Morgan fingerprint density at radius 1 is 1.56 bits per heavy atom. The zero-order chi connectivity index (χ0) is 11.4. The van der Waals surface area contributed by atoms with Gasteiger partial charge in [0.2, 0.25) is 5.91 Å². The number of carbonyl (C=O) groups excluding carboxylic acids is 1. The summed E-state index contributed by atoms with van der Waals surface area (Å²) in [6.45, 7) is 4.84. The Labute approximate surface area is 95.2 Å². The molecule has 0 saturated carbocycles. The Hall–Kier alpha value is -1.36. The van der Waals surface area contributed by atoms with E-state index in [1.165, 1.54) is 0 Å². The van der Waals surface area contributed by atoms with Crippen LogP contribution in [0.25, 0.3) is 0 Å². The van der Waals surface area contributed by atoms with Crippen LogP contribution in [-0.2, 0) is 11.3 Å². The van der Waals surface area contributed by atoms with E-state index in [9.17, 15) is 4.79 Å². The fourth-order valence-electron chi connectivity index (χ4n) is 1.94. The van der Waals surface area contributed by atoms with E-state index in [0.717, 1.165) is 37.4 Å². The average Bonchev–Trinajstić information content (AvgIpc) is 2.89. The van der Waals surface area contributed by atoms with Crippen LogP contribution in [0, 0.1) is 6.92 Å². The minimum absolute atomic E-state index is 0.203. The van der Waals surface area contributed by atoms with E-state index < -0.39 is 0 Å². The maximum atomic E-state index is 11.7. The summed E-state index contributed by atoms with van der Waals surface area (Å²) in [6.07, 6.45) is 4.08. The summed E-state index contributed by atoms with van der Waals surface area (Å²) in [5.41, 5.74) is 1.02. The van der Waals surface area contributed by atoms with E-state index in [-0.39, 0.29) is 5.91 Å². The highest BCUT2D eigenvalue weighted by Crippen LogP contribution is 2.06. The van der Waals surface area contributed by atoms with Gasteiger partial charge < -0.3 is 15.2 Å². The molecule has 2 heterocycles. The molecule has 0 atom stereocenters. The lowest BCUT2D eigenvalue weighted by molar-refractivity contribution is -0.129. The van der Waals surface area contributed by atoms with E-state index in [4.69, 9.17) is 0 Å². The molecule has 1 aromatic rings. The number of nitrogens with one attached hydrogen (secondary N) is 2. The van der Waals surface area contributed by atoms with E-state index in [2.05, 4.69) is 15.3 Å². The van der Waals surface area contributed by atoms with Crippen molar-refractivity contribution in [1.29, 1.82) is 0 Å². The molecule has 5 nitrogen and oxygen atoms in total. The molecule has 0 bridgehead atoms. The highest BCUT2D eigenvalue weighted by atomic mass is 16.2. The molecule has 0 radical (unpaired) electrons. The molecule has 2 rings (SSSR count). The fourth-order valence-corrected chi connectivity index (χ4v) is 1.94. The van der Waals surface area contributed by atoms with Gasteiger partial charge in [-0.2, -0.15) is 0 Å². The summed E-state index contributed by atoms with van der Waals surface area (Å²) in [6, 6.07) is 0. The lowest BCUT2D eigenvalue weighted by atomic mass is 10.4. The van der Waals surface area contributed by atoms with Gasteiger partial charge in [-0.15, -0.1) is 0 Å². The molecule has 88 valence electrons. The third-order valence-corrected chi connectivity index (χ3v) is 2.81. The number of aromatic nitrogens is 2. The maximum absolute atomic E-state index is 11.7. The number of amides is 1. The van der Waals surface area contributed by atoms with Crippen LogP contribution in [0.3, 0.4) is 0 Å². The molecule has 2 N–H and O–H groups in total. The average molecular weight is 222 g/mol. The number of rotatable bonds is 4. The molecule has 1 amide bonds. The molecular formula is C11H18N4O. The highest BCUT2D eigenvalue weighted by molar-refractivity contribution is 5.78. The van der Waals surface area contributed by atoms with Crippen molar-refractivity contribution in [3.63, 3.8) is 0 Å². The van der Waals surface area contributed by atoms with Gasteiger partial charge in [0, 0.05) is 31.5 Å². The second kappa shape index (κ2) is 5.12. The van der Waals surface area contributed by atoms with Gasteiger partial charge in [-0.1, -0.05) is 0 Å². The van der Waals surface area contributed by atoms with Gasteiger partial charge in [0.15, 0.2) is 0 Å². The van der Waals surface area contributed by atoms with Crippen LogP contribution in [0.5, 0.6) is 0 Å². The summed E-state index contributed by atoms with van der Waals surface area (Å²) in [5.74, 6) is 1.11. The van der Waals surface area contributed by atoms with Crippen LogP contribution in [0.2, 0.25) is 0 Å². The Morgan fingerprint density at radius 2 is 2.31 bits per heavy atom. The monoisotopic (exact) mass is 222 g/mol. The molecule has 1 aliphatic heterocycles. The van der Waals surface area contributed by atoms with Crippen LogP contribution in [-0.4, -0.2) is 40.4 Å². The van der Waals surface area contributed by atoms with Crippen LogP contribution >= 0.6 is 0 Å². The smallest absolute Gasteiger partial charge is 0.236 e. The number of H-pyrrole nitrogens is 1. The lowest BCUT2D eigenvalue weighted by Gasteiger charge is -2.15. The lowest BCUT2D eigenvalue weighted by Crippen LogP contribution is -2.36. The molecule has 1 aromatic heterocycles. The minimum Gasteiger partial charge on any atom is -0.345 e. The van der Waals surface area contributed by atoms with Crippen molar-refractivity contribution in [3.8, 4) is 0 Å². The van der Waals surface area contributed by atoms with Gasteiger partial charge in [0.25, 0.3) is 0 Å². The first-order chi connectivity index (χ1) is 7.75. The summed E-state index contributed by atoms with van der Waals surface area (Å²) in [7, 11) is 0. The first-order valence-electron chi connectivity index (χ1n) is 5.74. The number of nitrogens with zero attached hydrogens (tertiary/aromatic N) is 2. The molecule has 1 aliphatic rings. The summed E-state index contributed by atoms with van der Waals surface area (Å²) in [4.78, 5) is 20.8. The molecular weight excluding hydrogens is 204 g/mol. The Bertz CT molecular complexity index is 355. The first-order valence-corrected chi connectivity index (χ1v) is 5.74. The molecule has 0 aliphatic carbocycles. The van der Waals surface area contributed by atoms with Crippen LogP contribution in [0.4, 0.5) is 0 Å². The van der Waals surface area contributed by atoms with Gasteiger partial charge in [-0.05, 0) is 19.8 Å². The van der Waals surface area contributed by atoms with Crippen LogP contribution in [0.1, 0.15) is 24.4 Å². The summed E-state index contributed by atoms with van der Waals surface area (Å²) < 4.78 is 0. The Morgan fingerprint density at radius 3 is 2.94 bits per heavy atom. The van der Waals surface area contributed by atoms with E-state index in [1.807, 2.05) is 11.8 Å². The van der Waals surface area contributed by atoms with E-state index in [1.54, 1.807) is 6.20 Å². The molecule has 0 aromatic carbocycles. The van der Waals surface area contributed by atoms with Crippen molar-refractivity contribution < 1.29 is 4.79 Å². The molecule has 16 heavy (non-hydrogen) atoms. The van der Waals surface area contributed by atoms with E-state index in [0.29, 0.717) is 13.1 Å². The zero-order valence-corrected chi connectivity index (χ0v) is 9.62.